The summed E-state index contributed by atoms with van der Waals surface area (Å²) in [5.74, 6) is 2.45. The normalized spacial score (nSPS) is 21.2. The number of carbonyl (C=O) groups is 3. The number of ether oxygens (including phenoxy) is 1. The van der Waals surface area contributed by atoms with Crippen LogP contribution in [0.4, 0.5) is 10.2 Å². The second kappa shape index (κ2) is 22.2. The first-order valence-electron chi connectivity index (χ1n) is 29.9. The van der Waals surface area contributed by atoms with Crippen LogP contribution in [-0.4, -0.2) is 163 Å². The minimum atomic E-state index is -0.636. The molecule has 0 spiro atoms. The summed E-state index contributed by atoms with van der Waals surface area (Å²) in [6, 6.07) is 18.5. The maximum absolute atomic E-state index is 17.2. The number of amides is 3. The first-order chi connectivity index (χ1) is 40.2. The smallest absolute Gasteiger partial charge is 0.319 e. The predicted octanol–water partition coefficient (Wildman–Crippen LogP) is 7.76. The van der Waals surface area contributed by atoms with Crippen molar-refractivity contribution < 1.29 is 38.8 Å². The minimum Gasteiger partial charge on any atom is -0.508 e. The molecule has 2 bridgehead atoms. The van der Waals surface area contributed by atoms with Gasteiger partial charge in [0, 0.05) is 124 Å². The summed E-state index contributed by atoms with van der Waals surface area (Å²) in [4.78, 5) is 68.5. The summed E-state index contributed by atoms with van der Waals surface area (Å²) in [5.41, 5.74) is 5.14. The number of aromatic hydroxyl groups is 3. The Kier molecular flexibility index (Phi) is 14.6. The summed E-state index contributed by atoms with van der Waals surface area (Å²) in [5, 5.41) is 37.1. The van der Waals surface area contributed by atoms with Gasteiger partial charge in [-0.15, -0.1) is 6.42 Å². The number of hydrogen-bond acceptors (Lipinski definition) is 14. The van der Waals surface area contributed by atoms with Gasteiger partial charge in [0.05, 0.1) is 17.6 Å². The number of anilines is 1. The molecule has 0 radical (unpaired) electrons. The number of piperidine rings is 2. The number of hydrogen-bond donors (Lipinski definition) is 4. The van der Waals surface area contributed by atoms with Gasteiger partial charge in [-0.05, 0) is 135 Å². The summed E-state index contributed by atoms with van der Waals surface area (Å²) in [7, 11) is 0. The number of benzene rings is 4. The van der Waals surface area contributed by atoms with E-state index in [-0.39, 0.29) is 80.9 Å². The molecule has 83 heavy (non-hydrogen) atoms. The molecule has 8 heterocycles. The van der Waals surface area contributed by atoms with Gasteiger partial charge in [0.15, 0.2) is 5.82 Å². The van der Waals surface area contributed by atoms with Crippen LogP contribution in [0.25, 0.3) is 32.9 Å². The van der Waals surface area contributed by atoms with E-state index in [9.17, 15) is 29.7 Å². The van der Waals surface area contributed by atoms with E-state index in [0.29, 0.717) is 96.6 Å². The lowest BCUT2D eigenvalue weighted by atomic mass is 9.93. The summed E-state index contributed by atoms with van der Waals surface area (Å²) in [6.45, 7) is 13.6. The van der Waals surface area contributed by atoms with Gasteiger partial charge < -0.3 is 49.9 Å². The molecule has 3 amide bonds. The molecule has 6 fully saturated rings. The largest absolute Gasteiger partial charge is 0.508 e. The average molecular weight is 1130 g/mol. The van der Waals surface area contributed by atoms with Gasteiger partial charge in [0.25, 0.3) is 5.91 Å². The van der Waals surface area contributed by atoms with E-state index in [4.69, 9.17) is 21.1 Å². The maximum atomic E-state index is 17.2. The zero-order valence-corrected chi connectivity index (χ0v) is 47.5. The zero-order chi connectivity index (χ0) is 57.3. The molecule has 1 aliphatic carbocycles. The lowest BCUT2D eigenvalue weighted by Crippen LogP contribution is -2.54. The van der Waals surface area contributed by atoms with Crippen LogP contribution in [0.5, 0.6) is 23.3 Å². The van der Waals surface area contributed by atoms with E-state index in [1.54, 1.807) is 29.3 Å². The molecule has 2 unspecified atom stereocenters. The number of likely N-dealkylation sites (tertiary alicyclic amines) is 2. The van der Waals surface area contributed by atoms with Crippen LogP contribution in [0, 0.1) is 35.4 Å². The first-order valence-corrected chi connectivity index (χ1v) is 29.9. The summed E-state index contributed by atoms with van der Waals surface area (Å²) < 4.78 is 23.7. The number of phenols is 3. The molecular formula is C65H73FN10O7. The fraction of sp³-hybridized carbons (Fsp3) is 0.477. The van der Waals surface area contributed by atoms with Gasteiger partial charge in [-0.3, -0.25) is 24.3 Å². The third-order valence-electron chi connectivity index (χ3n) is 19.0. The molecule has 6 aliphatic heterocycles. The third kappa shape index (κ3) is 10.9. The van der Waals surface area contributed by atoms with Crippen LogP contribution >= 0.6 is 0 Å². The van der Waals surface area contributed by atoms with Crippen molar-refractivity contribution in [3.8, 4) is 46.9 Å². The second-order valence-electron chi connectivity index (χ2n) is 25.0. The van der Waals surface area contributed by atoms with Crippen molar-refractivity contribution in [2.75, 3.05) is 83.5 Å². The molecule has 17 nitrogen and oxygen atoms in total. The van der Waals surface area contributed by atoms with Crippen molar-refractivity contribution in [1.82, 2.24) is 44.8 Å². The Labute approximate surface area is 483 Å². The molecule has 432 valence electrons. The Morgan fingerprint density at radius 2 is 1.46 bits per heavy atom. The number of rotatable bonds is 13. The molecule has 1 saturated carbocycles. The fourth-order valence-electron chi connectivity index (χ4n) is 14.1. The number of halogens is 1. The molecule has 4 N–H and O–H groups in total. The van der Waals surface area contributed by atoms with Crippen LogP contribution in [0.1, 0.15) is 109 Å². The van der Waals surface area contributed by atoms with Gasteiger partial charge in [-0.25, -0.2) is 4.39 Å². The SMILES string of the molecule is C#Cc1cccc2cc(O)cc(-c3ncc4c(N5CC6CCC(C5)N6)nc(OCC5(CN6CCC(C(=O)N7CCN(C(=O)C8CCN(Cc9ccc%10c(c9)CN(C(=O)c9cc(C(C)C)c(O)cc9O)C%10)CC8)CC7)CC6)CC5)nc4c3F)c12. The van der Waals surface area contributed by atoms with Gasteiger partial charge >= 0.3 is 6.01 Å². The lowest BCUT2D eigenvalue weighted by Gasteiger charge is -2.40. The number of carbonyl (C=O) groups excluding carboxylic acids is 3. The number of nitrogens with zero attached hydrogens (tertiary/aromatic N) is 9. The van der Waals surface area contributed by atoms with Crippen LogP contribution in [0.2, 0.25) is 0 Å². The summed E-state index contributed by atoms with van der Waals surface area (Å²) >= 11 is 0. The molecule has 18 heteroatoms. The number of phenolic OH excluding ortho intramolecular Hbond substituents is 3. The topological polar surface area (TPSA) is 191 Å². The second-order valence-corrected chi connectivity index (χ2v) is 25.0. The van der Waals surface area contributed by atoms with Crippen molar-refractivity contribution in [2.24, 2.45) is 17.3 Å². The average Bonchev–Trinajstić information content (AvgIpc) is 4.15. The highest BCUT2D eigenvalue weighted by molar-refractivity contribution is 6.03. The Morgan fingerprint density at radius 3 is 2.12 bits per heavy atom. The molecule has 13 rings (SSSR count). The minimum absolute atomic E-state index is 0.00366. The van der Waals surface area contributed by atoms with E-state index >= 15 is 4.39 Å². The third-order valence-corrected chi connectivity index (χ3v) is 19.0. The van der Waals surface area contributed by atoms with Crippen LogP contribution in [0.3, 0.4) is 0 Å². The van der Waals surface area contributed by atoms with Crippen molar-refractivity contribution in [3.63, 3.8) is 0 Å². The quantitative estimate of drug-likeness (QED) is 0.0821. The van der Waals surface area contributed by atoms with Crippen molar-refractivity contribution >= 4 is 45.2 Å². The van der Waals surface area contributed by atoms with Gasteiger partial charge in [-0.2, -0.15) is 9.97 Å². The van der Waals surface area contributed by atoms with Crippen LogP contribution in [-0.2, 0) is 29.2 Å². The van der Waals surface area contributed by atoms with E-state index in [1.807, 2.05) is 35.8 Å². The molecule has 4 aromatic carbocycles. The maximum Gasteiger partial charge on any atom is 0.319 e. The van der Waals surface area contributed by atoms with E-state index in [0.717, 1.165) is 120 Å². The Hall–Kier alpha value is -7.59. The lowest BCUT2D eigenvalue weighted by molar-refractivity contribution is -0.145. The number of fused-ring (bicyclic) bond motifs is 5. The highest BCUT2D eigenvalue weighted by Crippen LogP contribution is 2.48. The van der Waals surface area contributed by atoms with Crippen molar-refractivity contribution in [3.05, 3.63) is 106 Å². The Balaban J connectivity index is 0.581. The standard InChI is InChI=1S/C65H73FN10O7/c1-4-41-6-5-7-44-27-49(77)28-52(56(41)44)58-57(66)59-53(31-67-58)60(75-35-47-10-11-48(36-75)68-47)70-64(69-59)83-38-65(16-17-65)37-72-20-14-43(15-21-72)62(81)74-24-22-73(23-25-74)61(80)42-12-18-71(19-13-42)32-40-8-9-45-33-76(34-46(45)26-40)63(82)51-29-50(39(2)3)54(78)30-55(51)79/h1,5-9,26-31,39,42-43,47-48,68,77-79H,10-25,32-38H2,2-3H3. The highest BCUT2D eigenvalue weighted by atomic mass is 19.1. The Morgan fingerprint density at radius 1 is 0.783 bits per heavy atom. The molecule has 7 aliphatic rings. The van der Waals surface area contributed by atoms with E-state index < -0.39 is 5.82 Å². The molecule has 5 saturated heterocycles. The number of pyridine rings is 1. The number of aromatic nitrogens is 3. The number of nitrogens with one attached hydrogen (secondary N) is 1. The molecular weight excluding hydrogens is 1050 g/mol. The van der Waals surface area contributed by atoms with Gasteiger partial charge in [0.1, 0.15) is 34.3 Å². The summed E-state index contributed by atoms with van der Waals surface area (Å²) in [6.07, 6.45) is 14.8. The number of terminal acetylenes is 1. The predicted molar refractivity (Wildman–Crippen MR) is 313 cm³/mol. The van der Waals surface area contributed by atoms with E-state index in [1.165, 1.54) is 12.1 Å². The van der Waals surface area contributed by atoms with Crippen LogP contribution < -0.4 is 15.0 Å². The number of piperazine rings is 2. The van der Waals surface area contributed by atoms with Gasteiger partial charge in [0.2, 0.25) is 11.8 Å². The van der Waals surface area contributed by atoms with Crippen molar-refractivity contribution in [1.29, 1.82) is 0 Å². The fourth-order valence-corrected chi connectivity index (χ4v) is 14.1. The molecule has 2 atom stereocenters. The molecule has 2 aromatic heterocycles. The van der Waals surface area contributed by atoms with E-state index in [2.05, 4.69) is 49.1 Å². The van der Waals surface area contributed by atoms with Gasteiger partial charge in [-0.1, -0.05) is 50.1 Å². The molecule has 6 aromatic rings. The first kappa shape index (κ1) is 54.6. The highest BCUT2D eigenvalue weighted by Gasteiger charge is 2.46. The van der Waals surface area contributed by atoms with Crippen molar-refractivity contribution in [2.45, 2.75) is 103 Å². The van der Waals surface area contributed by atoms with Crippen LogP contribution in [0.15, 0.2) is 66.9 Å². The Bertz CT molecular complexity index is 3570. The monoisotopic (exact) mass is 1120 g/mol. The zero-order valence-electron chi connectivity index (χ0n) is 47.5.